The van der Waals surface area contributed by atoms with Gasteiger partial charge in [-0.25, -0.2) is 4.39 Å². The monoisotopic (exact) mass is 338 g/mol. The van der Waals surface area contributed by atoms with E-state index in [9.17, 15) is 4.39 Å². The molecule has 2 aromatic rings. The Bertz CT molecular complexity index is 647. The van der Waals surface area contributed by atoms with Crippen LogP contribution in [0.25, 0.3) is 0 Å². The van der Waals surface area contributed by atoms with E-state index in [1.54, 1.807) is 30.3 Å². The number of nitrogens with two attached hydrogens (primary N) is 1. The van der Waals surface area contributed by atoms with Gasteiger partial charge in [0, 0.05) is 11.6 Å². The Morgan fingerprint density at radius 3 is 2.80 bits per heavy atom. The minimum atomic E-state index is -0.382. The zero-order valence-corrected chi connectivity index (χ0v) is 12.0. The first-order valence-electron chi connectivity index (χ1n) is 5.75. The molecule has 0 bridgehead atoms. The highest BCUT2D eigenvalue weighted by Gasteiger charge is 2.04. The van der Waals surface area contributed by atoms with Gasteiger partial charge in [0.2, 0.25) is 0 Å². The Hall–Kier alpha value is -2.08. The van der Waals surface area contributed by atoms with Gasteiger partial charge in [0.25, 0.3) is 0 Å². The van der Waals surface area contributed by atoms with Crippen LogP contribution in [0.1, 0.15) is 11.1 Å². The molecule has 20 heavy (non-hydrogen) atoms. The summed E-state index contributed by atoms with van der Waals surface area (Å²) in [5.74, 6) is 0.0781. The molecule has 0 fully saturated rings. The molecule has 0 aromatic heterocycles. The van der Waals surface area contributed by atoms with Crippen molar-refractivity contribution in [2.24, 2.45) is 10.9 Å². The number of ether oxygens (including phenoxy) is 1. The lowest BCUT2D eigenvalue weighted by Gasteiger charge is -2.08. The molecule has 0 aliphatic heterocycles. The molecule has 0 aliphatic carbocycles. The molecule has 0 saturated carbocycles. The molecule has 4 nitrogen and oxygen atoms in total. The van der Waals surface area contributed by atoms with E-state index in [0.29, 0.717) is 15.8 Å². The zero-order chi connectivity index (χ0) is 14.5. The first-order chi connectivity index (χ1) is 9.60. The second-order valence-corrected chi connectivity index (χ2v) is 4.90. The quantitative estimate of drug-likeness (QED) is 0.389. The van der Waals surface area contributed by atoms with Crippen molar-refractivity contribution in [3.05, 3.63) is 63.9 Å². The van der Waals surface area contributed by atoms with E-state index in [4.69, 9.17) is 15.7 Å². The summed E-state index contributed by atoms with van der Waals surface area (Å²) >= 11 is 3.08. The first kappa shape index (κ1) is 14.3. The highest BCUT2D eigenvalue weighted by Crippen LogP contribution is 2.21. The number of halogens is 2. The topological polar surface area (TPSA) is 67.8 Å². The fraction of sp³-hybridized carbons (Fsp3) is 0.0714. The summed E-state index contributed by atoms with van der Waals surface area (Å²) in [5.41, 5.74) is 6.94. The summed E-state index contributed by atoms with van der Waals surface area (Å²) in [7, 11) is 0. The van der Waals surface area contributed by atoms with E-state index in [-0.39, 0.29) is 18.3 Å². The van der Waals surface area contributed by atoms with Crippen molar-refractivity contribution >= 4 is 21.8 Å². The van der Waals surface area contributed by atoms with Gasteiger partial charge >= 0.3 is 0 Å². The van der Waals surface area contributed by atoms with E-state index in [1.807, 2.05) is 6.07 Å². The number of benzene rings is 2. The maximum atomic E-state index is 13.3. The van der Waals surface area contributed by atoms with Crippen LogP contribution in [0.5, 0.6) is 5.75 Å². The van der Waals surface area contributed by atoms with Gasteiger partial charge in [-0.2, -0.15) is 0 Å². The van der Waals surface area contributed by atoms with Crippen LogP contribution in [0.15, 0.2) is 52.1 Å². The van der Waals surface area contributed by atoms with Gasteiger partial charge in [-0.15, -0.1) is 0 Å². The van der Waals surface area contributed by atoms with Crippen molar-refractivity contribution in [3.63, 3.8) is 0 Å². The molecule has 0 amide bonds. The third-order valence-electron chi connectivity index (χ3n) is 2.63. The Balaban J connectivity index is 2.09. The van der Waals surface area contributed by atoms with E-state index >= 15 is 0 Å². The van der Waals surface area contributed by atoms with Crippen LogP contribution < -0.4 is 10.5 Å². The highest BCUT2D eigenvalue weighted by atomic mass is 79.9. The van der Waals surface area contributed by atoms with Crippen LogP contribution in [0, 0.1) is 5.82 Å². The second kappa shape index (κ2) is 6.38. The second-order valence-electron chi connectivity index (χ2n) is 4.05. The van der Waals surface area contributed by atoms with Crippen molar-refractivity contribution < 1.29 is 14.3 Å². The molecular formula is C14H12BrFN2O2. The Morgan fingerprint density at radius 1 is 1.30 bits per heavy atom. The normalized spacial score (nSPS) is 11.4. The van der Waals surface area contributed by atoms with Gasteiger partial charge in [0.05, 0.1) is 4.47 Å². The fourth-order valence-electron chi connectivity index (χ4n) is 1.61. The average molecular weight is 339 g/mol. The number of hydrogen-bond donors (Lipinski definition) is 2. The largest absolute Gasteiger partial charge is 0.489 e. The van der Waals surface area contributed by atoms with Gasteiger partial charge in [-0.05, 0) is 39.7 Å². The van der Waals surface area contributed by atoms with Crippen LogP contribution in [-0.2, 0) is 6.61 Å². The van der Waals surface area contributed by atoms with E-state index in [1.165, 1.54) is 6.07 Å². The predicted octanol–water partition coefficient (Wildman–Crippen LogP) is 3.26. The average Bonchev–Trinajstić information content (AvgIpc) is 2.48. The van der Waals surface area contributed by atoms with Crippen molar-refractivity contribution in [2.75, 3.05) is 0 Å². The molecule has 0 spiro atoms. The molecule has 0 heterocycles. The molecule has 6 heteroatoms. The summed E-state index contributed by atoms with van der Waals surface area (Å²) in [6, 6.07) is 11.6. The highest BCUT2D eigenvalue weighted by molar-refractivity contribution is 9.10. The predicted molar refractivity (Wildman–Crippen MR) is 77.4 cm³/mol. The van der Waals surface area contributed by atoms with Gasteiger partial charge in [0.15, 0.2) is 5.84 Å². The third-order valence-corrected chi connectivity index (χ3v) is 3.27. The van der Waals surface area contributed by atoms with Crippen molar-refractivity contribution in [1.29, 1.82) is 0 Å². The van der Waals surface area contributed by atoms with E-state index in [2.05, 4.69) is 21.1 Å². The van der Waals surface area contributed by atoms with Crippen molar-refractivity contribution in [2.45, 2.75) is 6.61 Å². The summed E-state index contributed by atoms with van der Waals surface area (Å²) in [6.07, 6.45) is 0. The molecular weight excluding hydrogens is 327 g/mol. The number of hydrogen-bond acceptors (Lipinski definition) is 3. The van der Waals surface area contributed by atoms with Crippen LogP contribution in [-0.4, -0.2) is 11.0 Å². The van der Waals surface area contributed by atoms with Crippen molar-refractivity contribution in [3.8, 4) is 5.75 Å². The van der Waals surface area contributed by atoms with Gasteiger partial charge in [-0.3, -0.25) is 0 Å². The summed E-state index contributed by atoms with van der Waals surface area (Å²) < 4.78 is 19.2. The lowest BCUT2D eigenvalue weighted by atomic mass is 10.1. The fourth-order valence-corrected chi connectivity index (χ4v) is 1.86. The minimum Gasteiger partial charge on any atom is -0.489 e. The molecule has 0 atom stereocenters. The van der Waals surface area contributed by atoms with Crippen LogP contribution in [0.4, 0.5) is 4.39 Å². The van der Waals surface area contributed by atoms with Crippen molar-refractivity contribution in [1.82, 2.24) is 0 Å². The molecule has 104 valence electrons. The number of amidine groups is 1. The molecule has 3 N–H and O–H groups in total. The van der Waals surface area contributed by atoms with Gasteiger partial charge < -0.3 is 15.7 Å². The summed E-state index contributed by atoms with van der Waals surface area (Å²) in [6.45, 7) is 0.258. The molecule has 0 unspecified atom stereocenters. The molecule has 2 rings (SSSR count). The zero-order valence-electron chi connectivity index (χ0n) is 10.4. The molecule has 0 radical (unpaired) electrons. The van der Waals surface area contributed by atoms with Crippen LogP contribution in [0.2, 0.25) is 0 Å². The van der Waals surface area contributed by atoms with Gasteiger partial charge in [0.1, 0.15) is 18.2 Å². The summed E-state index contributed by atoms with van der Waals surface area (Å²) in [4.78, 5) is 0. The molecule has 0 aliphatic rings. The van der Waals surface area contributed by atoms with Crippen LogP contribution >= 0.6 is 15.9 Å². The first-order valence-corrected chi connectivity index (χ1v) is 6.54. The lowest BCUT2D eigenvalue weighted by Crippen LogP contribution is -2.13. The van der Waals surface area contributed by atoms with E-state index in [0.717, 1.165) is 5.56 Å². The maximum Gasteiger partial charge on any atom is 0.170 e. The van der Waals surface area contributed by atoms with Crippen LogP contribution in [0.3, 0.4) is 0 Å². The summed E-state index contributed by atoms with van der Waals surface area (Å²) in [5, 5.41) is 11.6. The molecule has 2 aromatic carbocycles. The van der Waals surface area contributed by atoms with E-state index < -0.39 is 0 Å². The standard InChI is InChI=1S/C14H12BrFN2O2/c15-12-5-4-11(7-13(12)16)20-8-9-2-1-3-10(6-9)14(17)18-19/h1-7,19H,8H2,(H2,17,18). The number of rotatable bonds is 4. The van der Waals surface area contributed by atoms with Gasteiger partial charge in [-0.1, -0.05) is 23.4 Å². The smallest absolute Gasteiger partial charge is 0.170 e. The Morgan fingerprint density at radius 2 is 2.10 bits per heavy atom. The number of nitrogens with zero attached hydrogens (tertiary/aromatic N) is 1. The third kappa shape index (κ3) is 3.48. The Kier molecular flexibility index (Phi) is 4.57. The minimum absolute atomic E-state index is 0.0292. The SMILES string of the molecule is NC(=NO)c1cccc(COc2ccc(Br)c(F)c2)c1. The number of oxime groups is 1. The molecule has 0 saturated heterocycles. The Labute approximate surface area is 123 Å². The lowest BCUT2D eigenvalue weighted by molar-refractivity contribution is 0.304. The maximum absolute atomic E-state index is 13.3.